The first kappa shape index (κ1) is 18.8. The van der Waals surface area contributed by atoms with Gasteiger partial charge in [-0.15, -0.1) is 0 Å². The first-order valence-electron chi connectivity index (χ1n) is 3.70. The van der Waals surface area contributed by atoms with Gasteiger partial charge in [0.1, 0.15) is 0 Å². The molecule has 0 saturated heterocycles. The molecule has 0 saturated carbocycles. The fourth-order valence-corrected chi connectivity index (χ4v) is 0.998. The average molecular weight is 217 g/mol. The van der Waals surface area contributed by atoms with E-state index in [-0.39, 0.29) is 36.2 Å². The van der Waals surface area contributed by atoms with Crippen molar-refractivity contribution in [3.05, 3.63) is 0 Å². The zero-order valence-electron chi connectivity index (χ0n) is 8.33. The van der Waals surface area contributed by atoms with Crippen molar-refractivity contribution >= 4 is 29.2 Å². The van der Waals surface area contributed by atoms with Crippen LogP contribution in [0.3, 0.4) is 0 Å². The standard InChI is InChI=1S/C5H11NS2.C2H6O.Na/c1-3-6(4-2)5(7)8;1-2-3;/h3-4H2,1-2H3,(H,7,8);3H,2H2,1H3;/q;;+1/p-1. The van der Waals surface area contributed by atoms with E-state index in [2.05, 4.69) is 0 Å². The van der Waals surface area contributed by atoms with E-state index in [0.29, 0.717) is 4.32 Å². The molecule has 0 unspecified atom stereocenters. The summed E-state index contributed by atoms with van der Waals surface area (Å²) in [6, 6.07) is 0. The molecular weight excluding hydrogens is 201 g/mol. The second-order valence-electron chi connectivity index (χ2n) is 1.75. The van der Waals surface area contributed by atoms with Crippen molar-refractivity contribution in [1.82, 2.24) is 4.90 Å². The van der Waals surface area contributed by atoms with Crippen LogP contribution in [0.25, 0.3) is 0 Å². The van der Waals surface area contributed by atoms with Gasteiger partial charge in [-0.25, -0.2) is 0 Å². The summed E-state index contributed by atoms with van der Waals surface area (Å²) >= 11 is 9.51. The zero-order chi connectivity index (χ0) is 9.28. The van der Waals surface area contributed by atoms with Gasteiger partial charge in [0.05, 0.1) is 0 Å². The Morgan fingerprint density at radius 1 is 1.33 bits per heavy atom. The molecule has 0 fully saturated rings. The van der Waals surface area contributed by atoms with Gasteiger partial charge in [-0.1, -0.05) is 4.32 Å². The van der Waals surface area contributed by atoms with Gasteiger partial charge in [0.25, 0.3) is 0 Å². The van der Waals surface area contributed by atoms with E-state index in [1.165, 1.54) is 0 Å². The van der Waals surface area contributed by atoms with E-state index in [1.807, 2.05) is 18.7 Å². The van der Waals surface area contributed by atoms with Crippen LogP contribution in [0.15, 0.2) is 0 Å². The van der Waals surface area contributed by atoms with Crippen LogP contribution in [0.2, 0.25) is 0 Å². The summed E-state index contributed by atoms with van der Waals surface area (Å²) < 4.78 is 0.579. The van der Waals surface area contributed by atoms with Crippen molar-refractivity contribution in [2.75, 3.05) is 19.7 Å². The van der Waals surface area contributed by atoms with Crippen molar-refractivity contribution in [2.45, 2.75) is 20.8 Å². The Hall–Kier alpha value is 1.07. The number of rotatable bonds is 2. The minimum atomic E-state index is 0. The van der Waals surface area contributed by atoms with Crippen LogP contribution >= 0.6 is 12.2 Å². The first-order chi connectivity index (χ1) is 5.13. The van der Waals surface area contributed by atoms with Crippen LogP contribution in [0.1, 0.15) is 20.8 Å². The van der Waals surface area contributed by atoms with Crippen molar-refractivity contribution in [1.29, 1.82) is 0 Å². The molecule has 2 nitrogen and oxygen atoms in total. The van der Waals surface area contributed by atoms with Crippen LogP contribution in [0.4, 0.5) is 0 Å². The van der Waals surface area contributed by atoms with Crippen LogP contribution in [-0.4, -0.2) is 34.0 Å². The van der Waals surface area contributed by atoms with Crippen molar-refractivity contribution in [2.24, 2.45) is 0 Å². The van der Waals surface area contributed by atoms with E-state index in [9.17, 15) is 0 Å². The van der Waals surface area contributed by atoms with Gasteiger partial charge in [-0.05, 0) is 20.8 Å². The van der Waals surface area contributed by atoms with Crippen LogP contribution in [0, 0.1) is 0 Å². The number of hydrogen-bond donors (Lipinski definition) is 1. The van der Waals surface area contributed by atoms with Crippen LogP contribution in [-0.2, 0) is 12.6 Å². The normalized spacial score (nSPS) is 7.33. The molecule has 1 N–H and O–H groups in total. The summed E-state index contributed by atoms with van der Waals surface area (Å²) in [5, 5.41) is 7.57. The third kappa shape index (κ3) is 13.6. The molecule has 0 aromatic rings. The van der Waals surface area contributed by atoms with Gasteiger partial charge >= 0.3 is 29.6 Å². The molecule has 0 bridgehead atoms. The Bertz CT molecular complexity index is 99.4. The predicted octanol–water partition coefficient (Wildman–Crippen LogP) is -1.84. The number of aliphatic hydroxyl groups is 1. The molecule has 0 radical (unpaired) electrons. The smallest absolute Gasteiger partial charge is 0.411 e. The Morgan fingerprint density at radius 2 is 1.58 bits per heavy atom. The van der Waals surface area contributed by atoms with Gasteiger partial charge in [0, 0.05) is 19.7 Å². The minimum Gasteiger partial charge on any atom is -0.411 e. The fraction of sp³-hybridized carbons (Fsp3) is 0.857. The van der Waals surface area contributed by atoms with Gasteiger partial charge in [-0.2, -0.15) is 0 Å². The molecule has 0 spiro atoms. The van der Waals surface area contributed by atoms with Crippen molar-refractivity contribution in [3.8, 4) is 0 Å². The van der Waals surface area contributed by atoms with Gasteiger partial charge in [0.2, 0.25) is 0 Å². The second-order valence-corrected chi connectivity index (χ2v) is 2.79. The van der Waals surface area contributed by atoms with Crippen LogP contribution in [0.5, 0.6) is 0 Å². The summed E-state index contributed by atoms with van der Waals surface area (Å²) in [5.74, 6) is 0. The number of nitrogens with zero attached hydrogens (tertiary/aromatic N) is 1. The van der Waals surface area contributed by atoms with E-state index in [4.69, 9.17) is 30.0 Å². The zero-order valence-corrected chi connectivity index (χ0v) is 12.0. The number of hydrogen-bond acceptors (Lipinski definition) is 3. The largest absolute Gasteiger partial charge is 1.00 e. The third-order valence-electron chi connectivity index (χ3n) is 1.02. The maximum absolute atomic E-state index is 7.57. The topological polar surface area (TPSA) is 23.5 Å². The molecule has 0 aliphatic rings. The van der Waals surface area contributed by atoms with Crippen LogP contribution < -0.4 is 29.6 Å². The maximum atomic E-state index is 7.57. The molecule has 0 heterocycles. The Morgan fingerprint density at radius 3 is 1.58 bits per heavy atom. The van der Waals surface area contributed by atoms with Gasteiger partial charge < -0.3 is 34.9 Å². The summed E-state index contributed by atoms with van der Waals surface area (Å²) in [5.41, 5.74) is 0. The Balaban J connectivity index is -0.000000177. The van der Waals surface area contributed by atoms with E-state index in [0.717, 1.165) is 13.1 Å². The molecule has 0 atom stereocenters. The molecule has 12 heavy (non-hydrogen) atoms. The van der Waals surface area contributed by atoms with E-state index >= 15 is 0 Å². The predicted molar refractivity (Wildman–Crippen MR) is 55.6 cm³/mol. The summed E-state index contributed by atoms with van der Waals surface area (Å²) in [6.07, 6.45) is 0. The Labute approximate surface area is 108 Å². The molecule has 0 aliphatic heterocycles. The molecule has 0 aromatic carbocycles. The van der Waals surface area contributed by atoms with Gasteiger partial charge in [-0.3, -0.25) is 0 Å². The molecule has 0 rings (SSSR count). The summed E-state index contributed by atoms with van der Waals surface area (Å²) in [4.78, 5) is 1.96. The van der Waals surface area contributed by atoms with Crippen molar-refractivity contribution < 1.29 is 34.7 Å². The molecule has 68 valence electrons. The Kier molecular flexibility index (Phi) is 22.8. The molecule has 0 amide bonds. The first-order valence-corrected chi connectivity index (χ1v) is 4.52. The van der Waals surface area contributed by atoms with E-state index in [1.54, 1.807) is 6.92 Å². The fourth-order valence-electron chi connectivity index (χ4n) is 0.482. The number of aliphatic hydroxyl groups excluding tert-OH is 1. The molecule has 0 aliphatic carbocycles. The summed E-state index contributed by atoms with van der Waals surface area (Å²) in [6.45, 7) is 7.88. The summed E-state index contributed by atoms with van der Waals surface area (Å²) in [7, 11) is 0. The maximum Gasteiger partial charge on any atom is 1.00 e. The average Bonchev–Trinajstić information content (AvgIpc) is 1.91. The monoisotopic (exact) mass is 217 g/mol. The molecule has 5 heteroatoms. The molecular formula is C7H16NNaOS2. The number of thiocarbonyl (C=S) groups is 1. The van der Waals surface area contributed by atoms with E-state index < -0.39 is 0 Å². The third-order valence-corrected chi connectivity index (χ3v) is 1.54. The van der Waals surface area contributed by atoms with Gasteiger partial charge in [0.15, 0.2) is 0 Å². The van der Waals surface area contributed by atoms with Crippen molar-refractivity contribution in [3.63, 3.8) is 0 Å². The SMILES string of the molecule is CCN(CC)C(=S)[S-].CCO.[Na+]. The minimum absolute atomic E-state index is 0. The quantitative estimate of drug-likeness (QED) is 0.334. The second kappa shape index (κ2) is 14.6. The molecule has 0 aromatic heterocycles.